The molecule has 0 bridgehead atoms. The van der Waals surface area contributed by atoms with E-state index in [0.29, 0.717) is 6.42 Å². The molecule has 108 valence electrons. The van der Waals surface area contributed by atoms with Crippen LogP contribution < -0.4 is 10.2 Å². The molecule has 0 saturated carbocycles. The lowest BCUT2D eigenvalue weighted by Gasteiger charge is -2.20. The van der Waals surface area contributed by atoms with E-state index in [1.165, 1.54) is 0 Å². The predicted octanol–water partition coefficient (Wildman–Crippen LogP) is 3.75. The molecule has 1 aromatic carbocycles. The van der Waals surface area contributed by atoms with Crippen molar-refractivity contribution in [2.75, 3.05) is 26.0 Å². The Kier molecular flexibility index (Phi) is 5.66. The second-order valence-electron chi connectivity index (χ2n) is 4.84. The van der Waals surface area contributed by atoms with E-state index in [-0.39, 0.29) is 12.5 Å². The zero-order chi connectivity index (χ0) is 14.5. The fourth-order valence-corrected chi connectivity index (χ4v) is 2.00. The van der Waals surface area contributed by atoms with Gasteiger partial charge in [0.15, 0.2) is 0 Å². The van der Waals surface area contributed by atoms with Crippen LogP contribution in [0.2, 0.25) is 0 Å². The smallest absolute Gasteiger partial charge is 0.378 e. The first-order valence-electron chi connectivity index (χ1n) is 6.35. The molecule has 1 atom stereocenters. The summed E-state index contributed by atoms with van der Waals surface area (Å²) in [6.45, 7) is 0. The van der Waals surface area contributed by atoms with Gasteiger partial charge in [-0.3, -0.25) is 0 Å². The topological polar surface area (TPSA) is 15.3 Å². The molecule has 1 N–H and O–H groups in total. The van der Waals surface area contributed by atoms with E-state index in [1.807, 2.05) is 43.3 Å². The minimum absolute atomic E-state index is 0.0396. The van der Waals surface area contributed by atoms with Crippen LogP contribution in [0.1, 0.15) is 30.9 Å². The van der Waals surface area contributed by atoms with Gasteiger partial charge in [0.05, 0.1) is 0 Å². The third-order valence-corrected chi connectivity index (χ3v) is 3.09. The Bertz CT molecular complexity index is 389. The third kappa shape index (κ3) is 5.51. The molecule has 0 amide bonds. The van der Waals surface area contributed by atoms with Crippen molar-refractivity contribution in [3.8, 4) is 0 Å². The van der Waals surface area contributed by atoms with E-state index in [9.17, 15) is 13.2 Å². The number of hydrogen-bond acceptors (Lipinski definition) is 2. The van der Waals surface area contributed by atoms with Gasteiger partial charge in [-0.15, -0.1) is 0 Å². The standard InChI is InChI=1S/C14H21F3N2/c1-18-13(8-5-9-14(15,16)17)11-6-4-7-12(10-11)19(2)3/h4,6-7,10,13,18H,5,8-9H2,1-3H3. The summed E-state index contributed by atoms with van der Waals surface area (Å²) >= 11 is 0. The first-order chi connectivity index (χ1) is 8.83. The van der Waals surface area contributed by atoms with E-state index in [2.05, 4.69) is 5.32 Å². The van der Waals surface area contributed by atoms with Crippen LogP contribution in [0.4, 0.5) is 18.9 Å². The summed E-state index contributed by atoms with van der Waals surface area (Å²) in [7, 11) is 5.66. The summed E-state index contributed by atoms with van der Waals surface area (Å²) in [5, 5.41) is 3.08. The molecular weight excluding hydrogens is 253 g/mol. The normalized spacial score (nSPS) is 13.4. The number of hydrogen-bond donors (Lipinski definition) is 1. The van der Waals surface area contributed by atoms with E-state index in [1.54, 1.807) is 7.05 Å². The van der Waals surface area contributed by atoms with Gasteiger partial charge in [-0.05, 0) is 37.6 Å². The van der Waals surface area contributed by atoms with Crippen LogP contribution in [0.3, 0.4) is 0 Å². The number of anilines is 1. The maximum Gasteiger partial charge on any atom is 0.389 e. The Hall–Kier alpha value is -1.23. The molecule has 0 aliphatic carbocycles. The molecular formula is C14H21F3N2. The van der Waals surface area contributed by atoms with Crippen LogP contribution in [0, 0.1) is 0 Å². The fraction of sp³-hybridized carbons (Fsp3) is 0.571. The fourth-order valence-electron chi connectivity index (χ4n) is 2.00. The Labute approximate surface area is 112 Å². The van der Waals surface area contributed by atoms with Crippen LogP contribution in [0.5, 0.6) is 0 Å². The lowest BCUT2D eigenvalue weighted by atomic mass is 10.0. The molecule has 0 spiro atoms. The summed E-state index contributed by atoms with van der Waals surface area (Å²) in [6.07, 6.45) is -4.17. The Morgan fingerprint density at radius 1 is 1.26 bits per heavy atom. The molecule has 1 aromatic rings. The van der Waals surface area contributed by atoms with Crippen LogP contribution in [-0.2, 0) is 0 Å². The number of nitrogens with zero attached hydrogens (tertiary/aromatic N) is 1. The Morgan fingerprint density at radius 3 is 2.47 bits per heavy atom. The van der Waals surface area contributed by atoms with Crippen molar-refractivity contribution in [1.29, 1.82) is 0 Å². The molecule has 1 rings (SSSR count). The van der Waals surface area contributed by atoms with E-state index >= 15 is 0 Å². The summed E-state index contributed by atoms with van der Waals surface area (Å²) in [4.78, 5) is 1.98. The van der Waals surface area contributed by atoms with Crippen molar-refractivity contribution in [3.63, 3.8) is 0 Å². The number of halogens is 3. The molecule has 19 heavy (non-hydrogen) atoms. The first-order valence-corrected chi connectivity index (χ1v) is 6.35. The van der Waals surface area contributed by atoms with Crippen LogP contribution in [0.25, 0.3) is 0 Å². The van der Waals surface area contributed by atoms with Crippen LogP contribution in [0.15, 0.2) is 24.3 Å². The van der Waals surface area contributed by atoms with Gasteiger partial charge in [0.25, 0.3) is 0 Å². The third-order valence-electron chi connectivity index (χ3n) is 3.09. The summed E-state index contributed by atoms with van der Waals surface area (Å²) in [5.74, 6) is 0. The highest BCUT2D eigenvalue weighted by atomic mass is 19.4. The highest BCUT2D eigenvalue weighted by Gasteiger charge is 2.26. The maximum absolute atomic E-state index is 12.2. The monoisotopic (exact) mass is 274 g/mol. The lowest BCUT2D eigenvalue weighted by Crippen LogP contribution is -2.18. The van der Waals surface area contributed by atoms with Gasteiger partial charge in [-0.25, -0.2) is 0 Å². The molecule has 2 nitrogen and oxygen atoms in total. The molecule has 0 saturated heterocycles. The van der Waals surface area contributed by atoms with E-state index < -0.39 is 12.6 Å². The molecule has 5 heteroatoms. The minimum atomic E-state index is -4.07. The zero-order valence-electron chi connectivity index (χ0n) is 11.6. The van der Waals surface area contributed by atoms with E-state index in [0.717, 1.165) is 11.3 Å². The van der Waals surface area contributed by atoms with Crippen molar-refractivity contribution >= 4 is 5.69 Å². The molecule has 1 unspecified atom stereocenters. The van der Waals surface area contributed by atoms with Gasteiger partial charge < -0.3 is 10.2 Å². The summed E-state index contributed by atoms with van der Waals surface area (Å²) in [5.41, 5.74) is 2.07. The average Bonchev–Trinajstić information content (AvgIpc) is 2.33. The molecule has 0 radical (unpaired) electrons. The van der Waals surface area contributed by atoms with Gasteiger partial charge in [0, 0.05) is 32.2 Å². The second kappa shape index (κ2) is 6.80. The lowest BCUT2D eigenvalue weighted by molar-refractivity contribution is -0.135. The van der Waals surface area contributed by atoms with Crippen molar-refractivity contribution in [2.45, 2.75) is 31.5 Å². The molecule has 0 aromatic heterocycles. The number of rotatable bonds is 6. The molecule has 0 fully saturated rings. The summed E-state index contributed by atoms with van der Waals surface area (Å²) in [6, 6.07) is 7.82. The highest BCUT2D eigenvalue weighted by molar-refractivity contribution is 5.47. The highest BCUT2D eigenvalue weighted by Crippen LogP contribution is 2.27. The predicted molar refractivity (Wildman–Crippen MR) is 72.5 cm³/mol. The van der Waals surface area contributed by atoms with Crippen molar-refractivity contribution in [2.24, 2.45) is 0 Å². The minimum Gasteiger partial charge on any atom is -0.378 e. The first kappa shape index (κ1) is 15.8. The molecule has 0 heterocycles. The largest absolute Gasteiger partial charge is 0.389 e. The second-order valence-corrected chi connectivity index (χ2v) is 4.84. The van der Waals surface area contributed by atoms with E-state index in [4.69, 9.17) is 0 Å². The van der Waals surface area contributed by atoms with Gasteiger partial charge in [0.1, 0.15) is 0 Å². The quantitative estimate of drug-likeness (QED) is 0.850. The van der Waals surface area contributed by atoms with Gasteiger partial charge in [-0.2, -0.15) is 13.2 Å². The van der Waals surface area contributed by atoms with Gasteiger partial charge >= 0.3 is 6.18 Å². The Morgan fingerprint density at radius 2 is 1.95 bits per heavy atom. The maximum atomic E-state index is 12.2. The molecule has 0 aliphatic heterocycles. The summed E-state index contributed by atoms with van der Waals surface area (Å²) < 4.78 is 36.5. The van der Waals surface area contributed by atoms with Crippen molar-refractivity contribution in [1.82, 2.24) is 5.32 Å². The van der Waals surface area contributed by atoms with Crippen LogP contribution >= 0.6 is 0 Å². The van der Waals surface area contributed by atoms with Gasteiger partial charge in [-0.1, -0.05) is 12.1 Å². The zero-order valence-corrected chi connectivity index (χ0v) is 11.6. The van der Waals surface area contributed by atoms with Crippen molar-refractivity contribution < 1.29 is 13.2 Å². The van der Waals surface area contributed by atoms with Gasteiger partial charge in [0.2, 0.25) is 0 Å². The average molecular weight is 274 g/mol. The Balaban J connectivity index is 2.66. The SMILES string of the molecule is CNC(CCCC(F)(F)F)c1cccc(N(C)C)c1. The van der Waals surface area contributed by atoms with Crippen molar-refractivity contribution in [3.05, 3.63) is 29.8 Å². The van der Waals surface area contributed by atoms with Crippen LogP contribution in [-0.4, -0.2) is 27.3 Å². The number of benzene rings is 1. The molecule has 0 aliphatic rings. The number of nitrogens with one attached hydrogen (secondary N) is 1. The number of alkyl halides is 3.